The molecular formula is C55H35NOS. The highest BCUT2D eigenvalue weighted by Crippen LogP contribution is 2.57. The van der Waals surface area contributed by atoms with Crippen molar-refractivity contribution in [1.29, 1.82) is 0 Å². The molecule has 2 aromatic heterocycles. The van der Waals surface area contributed by atoms with Gasteiger partial charge in [-0.15, -0.1) is 11.3 Å². The molecule has 58 heavy (non-hydrogen) atoms. The van der Waals surface area contributed by atoms with E-state index in [4.69, 9.17) is 4.42 Å². The van der Waals surface area contributed by atoms with Gasteiger partial charge in [-0.25, -0.2) is 0 Å². The summed E-state index contributed by atoms with van der Waals surface area (Å²) in [6.07, 6.45) is 0. The van der Waals surface area contributed by atoms with Crippen LogP contribution >= 0.6 is 11.3 Å². The van der Waals surface area contributed by atoms with E-state index >= 15 is 0 Å². The minimum Gasteiger partial charge on any atom is -0.456 e. The van der Waals surface area contributed by atoms with Crippen molar-refractivity contribution < 1.29 is 4.42 Å². The topological polar surface area (TPSA) is 16.4 Å². The number of thiophene rings is 1. The van der Waals surface area contributed by atoms with Gasteiger partial charge >= 0.3 is 0 Å². The van der Waals surface area contributed by atoms with Crippen LogP contribution in [-0.4, -0.2) is 0 Å². The highest BCUT2D eigenvalue weighted by molar-refractivity contribution is 7.25. The smallest absolute Gasteiger partial charge is 0.135 e. The van der Waals surface area contributed by atoms with E-state index < -0.39 is 5.41 Å². The largest absolute Gasteiger partial charge is 0.456 e. The standard InChI is InChI=1S/C55H35NOS/c1-3-13-38(14-4-1)55(39-15-5-2-6-16-39)49-20-10-7-17-43(49)46-34-41(28-30-50(46)55)56(42-29-31-52-47(35-42)44-18-8-11-21-51(44)57-52)40-26-23-36(24-27-40)37-25-32-54-48(33-37)45-19-9-12-22-53(45)58-54/h1-35H. The van der Waals surface area contributed by atoms with Gasteiger partial charge in [0.2, 0.25) is 0 Å². The first-order valence-corrected chi connectivity index (χ1v) is 20.6. The van der Waals surface area contributed by atoms with Crippen LogP contribution in [-0.2, 0) is 5.41 Å². The van der Waals surface area contributed by atoms with Gasteiger partial charge in [-0.05, 0) is 111 Å². The molecule has 0 fully saturated rings. The van der Waals surface area contributed by atoms with Crippen molar-refractivity contribution in [2.24, 2.45) is 0 Å². The molecule has 1 aliphatic rings. The van der Waals surface area contributed by atoms with Gasteiger partial charge in [0.1, 0.15) is 11.2 Å². The zero-order valence-corrected chi connectivity index (χ0v) is 32.3. The molecule has 0 saturated carbocycles. The fourth-order valence-corrected chi connectivity index (χ4v) is 10.7. The van der Waals surface area contributed by atoms with Crippen LogP contribution in [0.3, 0.4) is 0 Å². The summed E-state index contributed by atoms with van der Waals surface area (Å²) in [6, 6.07) is 77.6. The number of nitrogens with zero attached hydrogens (tertiary/aromatic N) is 1. The van der Waals surface area contributed by atoms with E-state index in [-0.39, 0.29) is 0 Å². The second-order valence-electron chi connectivity index (χ2n) is 15.2. The maximum atomic E-state index is 6.30. The minimum atomic E-state index is -0.455. The Hall–Kier alpha value is -7.20. The summed E-state index contributed by atoms with van der Waals surface area (Å²) in [6.45, 7) is 0. The van der Waals surface area contributed by atoms with Crippen molar-refractivity contribution in [1.82, 2.24) is 0 Å². The normalized spacial score (nSPS) is 13.0. The Bertz CT molecular complexity index is 3300. The quantitative estimate of drug-likeness (QED) is 0.168. The Balaban J connectivity index is 1.05. The molecule has 272 valence electrons. The Labute approximate surface area is 340 Å². The van der Waals surface area contributed by atoms with Crippen LogP contribution in [0.2, 0.25) is 0 Å². The van der Waals surface area contributed by atoms with Crippen LogP contribution in [0.5, 0.6) is 0 Å². The Morgan fingerprint density at radius 1 is 0.362 bits per heavy atom. The molecule has 0 atom stereocenters. The van der Waals surface area contributed by atoms with Gasteiger partial charge in [0.05, 0.1) is 5.41 Å². The summed E-state index contributed by atoms with van der Waals surface area (Å²) in [7, 11) is 0. The monoisotopic (exact) mass is 757 g/mol. The zero-order valence-electron chi connectivity index (χ0n) is 31.5. The zero-order chi connectivity index (χ0) is 38.2. The number of hydrogen-bond acceptors (Lipinski definition) is 3. The number of fused-ring (bicyclic) bond motifs is 9. The molecule has 12 rings (SSSR count). The molecule has 11 aromatic rings. The second-order valence-corrected chi connectivity index (χ2v) is 16.3. The van der Waals surface area contributed by atoms with Crippen molar-refractivity contribution in [3.63, 3.8) is 0 Å². The SMILES string of the molecule is c1ccc(C2(c3ccccc3)c3ccccc3-c3cc(N(c4ccc(-c5ccc6sc7ccccc7c6c5)cc4)c4ccc5oc6ccccc6c5c4)ccc32)cc1. The van der Waals surface area contributed by atoms with E-state index in [1.54, 1.807) is 0 Å². The minimum absolute atomic E-state index is 0.455. The predicted octanol–water partition coefficient (Wildman–Crippen LogP) is 15.5. The first-order chi connectivity index (χ1) is 28.7. The molecule has 1 aliphatic carbocycles. The van der Waals surface area contributed by atoms with E-state index in [9.17, 15) is 0 Å². The molecule has 3 heteroatoms. The lowest BCUT2D eigenvalue weighted by atomic mass is 9.68. The molecule has 9 aromatic carbocycles. The molecule has 0 saturated heterocycles. The second kappa shape index (κ2) is 12.9. The third-order valence-corrected chi connectivity index (χ3v) is 13.3. The lowest BCUT2D eigenvalue weighted by molar-refractivity contribution is 0.669. The van der Waals surface area contributed by atoms with E-state index in [0.717, 1.165) is 39.0 Å². The van der Waals surface area contributed by atoms with Gasteiger partial charge in [-0.2, -0.15) is 0 Å². The molecule has 0 amide bonds. The van der Waals surface area contributed by atoms with Crippen LogP contribution in [0, 0.1) is 0 Å². The number of hydrogen-bond donors (Lipinski definition) is 0. The van der Waals surface area contributed by atoms with Crippen molar-refractivity contribution in [3.8, 4) is 22.3 Å². The summed E-state index contributed by atoms with van der Waals surface area (Å²) < 4.78 is 8.94. The number of benzene rings is 9. The average Bonchev–Trinajstić information content (AvgIpc) is 3.95. The first-order valence-electron chi connectivity index (χ1n) is 19.8. The predicted molar refractivity (Wildman–Crippen MR) is 244 cm³/mol. The molecule has 2 heterocycles. The van der Waals surface area contributed by atoms with Gasteiger partial charge in [-0.1, -0.05) is 146 Å². The fourth-order valence-electron chi connectivity index (χ4n) is 9.59. The summed E-state index contributed by atoms with van der Waals surface area (Å²) in [5, 5.41) is 4.84. The van der Waals surface area contributed by atoms with Gasteiger partial charge in [0.15, 0.2) is 0 Å². The highest BCUT2D eigenvalue weighted by atomic mass is 32.1. The number of furan rings is 1. The third kappa shape index (κ3) is 4.90. The average molecular weight is 758 g/mol. The van der Waals surface area contributed by atoms with Crippen LogP contribution in [0.1, 0.15) is 22.3 Å². The maximum absolute atomic E-state index is 6.30. The molecular weight excluding hydrogens is 723 g/mol. The van der Waals surface area contributed by atoms with Gasteiger partial charge in [-0.3, -0.25) is 0 Å². The molecule has 0 radical (unpaired) electrons. The van der Waals surface area contributed by atoms with E-state index in [1.807, 2.05) is 23.5 Å². The van der Waals surface area contributed by atoms with Crippen LogP contribution in [0.25, 0.3) is 64.4 Å². The van der Waals surface area contributed by atoms with Gasteiger partial charge in [0, 0.05) is 48.0 Å². The highest BCUT2D eigenvalue weighted by Gasteiger charge is 2.46. The van der Waals surface area contributed by atoms with Crippen LogP contribution < -0.4 is 4.90 Å². The lowest BCUT2D eigenvalue weighted by Crippen LogP contribution is -2.28. The summed E-state index contributed by atoms with van der Waals surface area (Å²) in [4.78, 5) is 2.40. The molecule has 0 N–H and O–H groups in total. The summed E-state index contributed by atoms with van der Waals surface area (Å²) >= 11 is 1.86. The Morgan fingerprint density at radius 2 is 0.948 bits per heavy atom. The molecule has 0 aliphatic heterocycles. The van der Waals surface area contributed by atoms with Crippen molar-refractivity contribution in [2.75, 3.05) is 4.90 Å². The van der Waals surface area contributed by atoms with Gasteiger partial charge in [0.25, 0.3) is 0 Å². The Kier molecular flexibility index (Phi) is 7.35. The first kappa shape index (κ1) is 33.0. The molecule has 0 unspecified atom stereocenters. The summed E-state index contributed by atoms with van der Waals surface area (Å²) in [5.74, 6) is 0. The van der Waals surface area contributed by atoms with E-state index in [2.05, 4.69) is 205 Å². The number of para-hydroxylation sites is 1. The number of rotatable bonds is 6. The van der Waals surface area contributed by atoms with Crippen molar-refractivity contribution >= 4 is 70.5 Å². The van der Waals surface area contributed by atoms with E-state index in [1.165, 1.54) is 64.7 Å². The summed E-state index contributed by atoms with van der Waals surface area (Å²) in [5.41, 5.74) is 14.6. The van der Waals surface area contributed by atoms with Crippen LogP contribution in [0.15, 0.2) is 217 Å². The number of anilines is 3. The Morgan fingerprint density at radius 3 is 1.76 bits per heavy atom. The maximum Gasteiger partial charge on any atom is 0.135 e. The van der Waals surface area contributed by atoms with Crippen molar-refractivity contribution in [2.45, 2.75) is 5.41 Å². The molecule has 2 nitrogen and oxygen atoms in total. The lowest BCUT2D eigenvalue weighted by Gasteiger charge is -2.34. The molecule has 0 bridgehead atoms. The third-order valence-electron chi connectivity index (χ3n) is 12.2. The van der Waals surface area contributed by atoms with Crippen LogP contribution in [0.4, 0.5) is 17.1 Å². The van der Waals surface area contributed by atoms with E-state index in [0.29, 0.717) is 0 Å². The van der Waals surface area contributed by atoms with Gasteiger partial charge < -0.3 is 9.32 Å². The fraction of sp³-hybridized carbons (Fsp3) is 0.0182. The van der Waals surface area contributed by atoms with Crippen molar-refractivity contribution in [3.05, 3.63) is 235 Å². The molecule has 0 spiro atoms.